The van der Waals surface area contributed by atoms with Gasteiger partial charge in [-0.25, -0.2) is 4.79 Å². The van der Waals surface area contributed by atoms with Crippen LogP contribution in [0.1, 0.15) is 72.6 Å². The second-order valence-corrected chi connectivity index (χ2v) is 11.6. The van der Waals surface area contributed by atoms with Crippen LogP contribution in [-0.4, -0.2) is 83.9 Å². The Labute approximate surface area is 220 Å². The number of hydrogen-bond donors (Lipinski definition) is 4. The van der Waals surface area contributed by atoms with E-state index in [2.05, 4.69) is 17.6 Å². The highest BCUT2D eigenvalue weighted by atomic mass is 16.6. The van der Waals surface area contributed by atoms with Crippen molar-refractivity contribution in [3.63, 3.8) is 0 Å². The molecule has 210 valence electrons. The lowest BCUT2D eigenvalue weighted by Gasteiger charge is -2.54. The molecular weight excluding hydrogens is 476 g/mol. The lowest BCUT2D eigenvalue weighted by molar-refractivity contribution is -0.264. The molecule has 0 bridgehead atoms. The minimum absolute atomic E-state index is 0.0754. The average Bonchev–Trinajstić information content (AvgIpc) is 2.88. The summed E-state index contributed by atoms with van der Waals surface area (Å²) in [5, 5.41) is 27.9. The summed E-state index contributed by atoms with van der Waals surface area (Å²) in [4.78, 5) is 25.6. The molecule has 0 aromatic carbocycles. The highest BCUT2D eigenvalue weighted by Crippen LogP contribution is 2.48. The Kier molecular flexibility index (Phi) is 9.46. The third kappa shape index (κ3) is 6.28. The number of aliphatic hydroxyl groups excluding tert-OH is 2. The third-order valence-corrected chi connectivity index (χ3v) is 9.13. The van der Waals surface area contributed by atoms with Crippen LogP contribution < -0.4 is 10.6 Å². The average molecular weight is 523 g/mol. The zero-order chi connectivity index (χ0) is 26.7. The summed E-state index contributed by atoms with van der Waals surface area (Å²) >= 11 is 0. The van der Waals surface area contributed by atoms with Crippen LogP contribution in [0.25, 0.3) is 0 Å². The van der Waals surface area contributed by atoms with E-state index in [0.717, 1.165) is 38.8 Å². The molecule has 3 aliphatic heterocycles. The molecule has 37 heavy (non-hydrogen) atoms. The van der Waals surface area contributed by atoms with Crippen molar-refractivity contribution in [3.8, 4) is 0 Å². The van der Waals surface area contributed by atoms with Crippen molar-refractivity contribution >= 4 is 11.8 Å². The van der Waals surface area contributed by atoms with Crippen LogP contribution >= 0.6 is 0 Å². The van der Waals surface area contributed by atoms with Crippen LogP contribution in [0, 0.1) is 17.8 Å². The number of fused-ring (bicyclic) bond motifs is 2. The van der Waals surface area contributed by atoms with Gasteiger partial charge in [-0.3, -0.25) is 4.79 Å². The van der Waals surface area contributed by atoms with Crippen molar-refractivity contribution in [2.45, 2.75) is 115 Å². The number of ether oxygens (including phenoxy) is 3. The third-order valence-electron chi connectivity index (χ3n) is 9.13. The van der Waals surface area contributed by atoms with Crippen LogP contribution in [0.2, 0.25) is 0 Å². The van der Waals surface area contributed by atoms with Crippen LogP contribution in [0.3, 0.4) is 0 Å². The highest BCUT2D eigenvalue weighted by Gasteiger charge is 2.57. The van der Waals surface area contributed by atoms with Crippen molar-refractivity contribution in [1.29, 1.82) is 0 Å². The van der Waals surface area contributed by atoms with E-state index in [-0.39, 0.29) is 36.8 Å². The number of hydrogen-bond acceptors (Lipinski definition) is 9. The zero-order valence-corrected chi connectivity index (χ0v) is 22.8. The number of rotatable bonds is 8. The van der Waals surface area contributed by atoms with Crippen molar-refractivity contribution < 1.29 is 34.0 Å². The van der Waals surface area contributed by atoms with Gasteiger partial charge in [0, 0.05) is 24.3 Å². The molecule has 0 aromatic rings. The maximum atomic E-state index is 12.8. The molecule has 1 aliphatic carbocycles. The van der Waals surface area contributed by atoms with Crippen LogP contribution in [0.15, 0.2) is 11.6 Å². The monoisotopic (exact) mass is 522 g/mol. The Bertz CT molecular complexity index is 842. The standard InChI is InChI=1S/C28H46N2O7/c1-5-16(3)27(34)36-23-12-19-21(13-22-25(26(19)33)20(32)11-18(15-31)35-22)37-28(23,4)10-9-17-7-8-24(29-6-2)30-14-17/h5,17-19,21-26,29-31,33H,6-15H2,1-4H3. The van der Waals surface area contributed by atoms with Gasteiger partial charge in [-0.15, -0.1) is 0 Å². The normalized spacial score (nSPS) is 42.6. The molecule has 0 radical (unpaired) electrons. The molecule has 9 heteroatoms. The Morgan fingerprint density at radius 1 is 1.30 bits per heavy atom. The first-order valence-corrected chi connectivity index (χ1v) is 14.1. The van der Waals surface area contributed by atoms with Crippen molar-refractivity contribution in [2.75, 3.05) is 19.7 Å². The number of carbonyl (C=O) groups is 2. The van der Waals surface area contributed by atoms with Crippen molar-refractivity contribution in [2.24, 2.45) is 17.8 Å². The van der Waals surface area contributed by atoms with Crippen LogP contribution in [-0.2, 0) is 23.8 Å². The number of allylic oxidation sites excluding steroid dienone is 1. The number of aliphatic hydroxyl groups is 2. The molecule has 4 aliphatic rings. The molecule has 4 fully saturated rings. The summed E-state index contributed by atoms with van der Waals surface area (Å²) in [6.07, 6.45) is 4.19. The minimum Gasteiger partial charge on any atom is -0.456 e. The maximum Gasteiger partial charge on any atom is 0.333 e. The van der Waals surface area contributed by atoms with Gasteiger partial charge in [-0.2, -0.15) is 0 Å². The van der Waals surface area contributed by atoms with Gasteiger partial charge in [-0.1, -0.05) is 13.0 Å². The molecule has 3 heterocycles. The highest BCUT2D eigenvalue weighted by molar-refractivity contribution is 5.87. The summed E-state index contributed by atoms with van der Waals surface area (Å²) in [5.74, 6) is -0.905. The summed E-state index contributed by atoms with van der Waals surface area (Å²) in [5.41, 5.74) is -0.184. The Morgan fingerprint density at radius 2 is 2.08 bits per heavy atom. The first-order valence-electron chi connectivity index (χ1n) is 14.1. The zero-order valence-electron chi connectivity index (χ0n) is 22.8. The molecule has 10 unspecified atom stereocenters. The topological polar surface area (TPSA) is 126 Å². The molecule has 4 N–H and O–H groups in total. The molecule has 0 aromatic heterocycles. The van der Waals surface area contributed by atoms with E-state index in [9.17, 15) is 19.8 Å². The summed E-state index contributed by atoms with van der Waals surface area (Å²) < 4.78 is 18.8. The molecule has 0 spiro atoms. The minimum atomic E-state index is -0.935. The summed E-state index contributed by atoms with van der Waals surface area (Å²) in [6.45, 7) is 9.33. The fourth-order valence-electron chi connectivity index (χ4n) is 6.71. The van der Waals surface area contributed by atoms with Gasteiger partial charge >= 0.3 is 5.97 Å². The first kappa shape index (κ1) is 28.6. The van der Waals surface area contributed by atoms with Crippen LogP contribution in [0.4, 0.5) is 0 Å². The van der Waals surface area contributed by atoms with Gasteiger partial charge in [0.2, 0.25) is 0 Å². The van der Waals surface area contributed by atoms with E-state index in [1.807, 2.05) is 6.92 Å². The van der Waals surface area contributed by atoms with Crippen molar-refractivity contribution in [1.82, 2.24) is 10.6 Å². The molecule has 0 amide bonds. The van der Waals surface area contributed by atoms with Gasteiger partial charge in [-0.05, 0) is 71.9 Å². The smallest absolute Gasteiger partial charge is 0.333 e. The Morgan fingerprint density at radius 3 is 2.73 bits per heavy atom. The quantitative estimate of drug-likeness (QED) is 0.279. The molecule has 4 rings (SSSR count). The number of ketones is 1. The fourth-order valence-corrected chi connectivity index (χ4v) is 6.71. The first-order chi connectivity index (χ1) is 17.7. The number of carbonyl (C=O) groups excluding carboxylic acids is 2. The Hall–Kier alpha value is -1.36. The number of Topliss-reactive ketones (excluding diaryl/α,β-unsaturated/α-hetero) is 1. The molecule has 10 atom stereocenters. The van der Waals surface area contributed by atoms with E-state index in [1.165, 1.54) is 0 Å². The van der Waals surface area contributed by atoms with E-state index in [1.54, 1.807) is 19.9 Å². The predicted octanol–water partition coefficient (Wildman–Crippen LogP) is 1.84. The van der Waals surface area contributed by atoms with Crippen LogP contribution in [0.5, 0.6) is 0 Å². The van der Waals surface area contributed by atoms with Gasteiger partial charge in [0.25, 0.3) is 0 Å². The summed E-state index contributed by atoms with van der Waals surface area (Å²) in [6, 6.07) is 0. The predicted molar refractivity (Wildman–Crippen MR) is 138 cm³/mol. The van der Waals surface area contributed by atoms with Gasteiger partial charge in [0.05, 0.1) is 43.1 Å². The van der Waals surface area contributed by atoms with Crippen molar-refractivity contribution in [3.05, 3.63) is 11.6 Å². The number of piperidine rings is 1. The molecule has 9 nitrogen and oxygen atoms in total. The van der Waals surface area contributed by atoms with E-state index in [4.69, 9.17) is 14.2 Å². The van der Waals surface area contributed by atoms with Gasteiger partial charge in [0.15, 0.2) is 0 Å². The molecule has 1 saturated carbocycles. The van der Waals surface area contributed by atoms with Gasteiger partial charge in [0.1, 0.15) is 17.5 Å². The molecule has 3 saturated heterocycles. The second-order valence-electron chi connectivity index (χ2n) is 11.6. The Balaban J connectivity index is 1.49. The van der Waals surface area contributed by atoms with E-state index >= 15 is 0 Å². The van der Waals surface area contributed by atoms with Gasteiger partial charge < -0.3 is 35.1 Å². The summed E-state index contributed by atoms with van der Waals surface area (Å²) in [7, 11) is 0. The van der Waals surface area contributed by atoms with E-state index < -0.39 is 35.9 Å². The lowest BCUT2D eigenvalue weighted by Crippen LogP contribution is -2.64. The second kappa shape index (κ2) is 12.2. The molecular formula is C28H46N2O7. The number of esters is 1. The van der Waals surface area contributed by atoms with E-state index in [0.29, 0.717) is 30.5 Å². The fraction of sp³-hybridized carbons (Fsp3) is 0.857. The lowest BCUT2D eigenvalue weighted by atomic mass is 9.66. The largest absolute Gasteiger partial charge is 0.456 e. The SMILES string of the molecule is CC=C(C)C(=O)OC1CC2C(CC3OC(CO)CC(=O)C3C2O)OC1(C)CCC1CCC(NCC)NC1. The number of nitrogens with one attached hydrogen (secondary N) is 2. The maximum absolute atomic E-state index is 12.8.